The number of nitrogens with one attached hydrogen (secondary N) is 2. The zero-order chi connectivity index (χ0) is 20.9. The van der Waals surface area contributed by atoms with Crippen molar-refractivity contribution in [3.63, 3.8) is 0 Å². The van der Waals surface area contributed by atoms with Crippen LogP contribution in [0.4, 0.5) is 5.69 Å². The molecule has 0 radical (unpaired) electrons. The van der Waals surface area contributed by atoms with E-state index in [0.29, 0.717) is 11.3 Å². The van der Waals surface area contributed by atoms with Crippen LogP contribution in [0.2, 0.25) is 0 Å². The van der Waals surface area contributed by atoms with Gasteiger partial charge in [-0.1, -0.05) is 61.5 Å². The Balaban J connectivity index is 1.85. The lowest BCUT2D eigenvalue weighted by Gasteiger charge is -2.24. The Labute approximate surface area is 173 Å². The van der Waals surface area contributed by atoms with Crippen LogP contribution in [0.15, 0.2) is 82.4 Å². The smallest absolute Gasteiger partial charge is 0.292 e. The zero-order valence-electron chi connectivity index (χ0n) is 15.6. The number of sulfonamides is 1. The summed E-state index contributed by atoms with van der Waals surface area (Å²) in [7, 11) is -3.84. The van der Waals surface area contributed by atoms with Crippen LogP contribution in [0.1, 0.15) is 18.5 Å². The van der Waals surface area contributed by atoms with E-state index in [4.69, 9.17) is 0 Å². The maximum absolute atomic E-state index is 12.8. The molecule has 6 nitrogen and oxygen atoms in total. The molecular formula is C21H20N2O4S2. The Morgan fingerprint density at radius 1 is 0.897 bits per heavy atom. The maximum atomic E-state index is 12.8. The van der Waals surface area contributed by atoms with Crippen molar-refractivity contribution < 1.29 is 18.0 Å². The van der Waals surface area contributed by atoms with Gasteiger partial charge in [-0.25, -0.2) is 13.1 Å². The number of para-hydroxylation sites is 1. The van der Waals surface area contributed by atoms with Gasteiger partial charge < -0.3 is 5.32 Å². The number of benzene rings is 2. The normalized spacial score (nSPS) is 13.4. The summed E-state index contributed by atoms with van der Waals surface area (Å²) in [5, 5.41) is 4.22. The third-order valence-electron chi connectivity index (χ3n) is 4.37. The van der Waals surface area contributed by atoms with E-state index < -0.39 is 33.7 Å². The lowest BCUT2D eigenvalue weighted by Crippen LogP contribution is -2.39. The quantitative estimate of drug-likeness (QED) is 0.536. The second-order valence-electron chi connectivity index (χ2n) is 6.41. The molecule has 0 fully saturated rings. The first-order chi connectivity index (χ1) is 13.9. The van der Waals surface area contributed by atoms with E-state index in [9.17, 15) is 18.0 Å². The number of hydrogen-bond donors (Lipinski definition) is 2. The van der Waals surface area contributed by atoms with E-state index in [1.54, 1.807) is 79.0 Å². The van der Waals surface area contributed by atoms with Gasteiger partial charge in [0, 0.05) is 11.6 Å². The molecule has 1 heterocycles. The van der Waals surface area contributed by atoms with Crippen molar-refractivity contribution >= 4 is 38.7 Å². The van der Waals surface area contributed by atoms with E-state index in [2.05, 4.69) is 10.0 Å². The molecule has 0 aliphatic carbocycles. The number of hydrogen-bond acceptors (Lipinski definition) is 5. The van der Waals surface area contributed by atoms with Crippen LogP contribution in [0.25, 0.3) is 0 Å². The van der Waals surface area contributed by atoms with Gasteiger partial charge in [0.05, 0.1) is 6.04 Å². The molecule has 2 atom stereocenters. The van der Waals surface area contributed by atoms with Gasteiger partial charge in [-0.2, -0.15) is 0 Å². The number of amides is 1. The Kier molecular flexibility index (Phi) is 6.58. The van der Waals surface area contributed by atoms with Crippen molar-refractivity contribution in [1.82, 2.24) is 4.72 Å². The lowest BCUT2D eigenvalue weighted by molar-refractivity contribution is -0.137. The minimum Gasteiger partial charge on any atom is -0.319 e. The first-order valence-corrected chi connectivity index (χ1v) is 11.3. The van der Waals surface area contributed by atoms with Gasteiger partial charge in [-0.05, 0) is 29.1 Å². The molecule has 29 heavy (non-hydrogen) atoms. The largest absolute Gasteiger partial charge is 0.319 e. The first-order valence-electron chi connectivity index (χ1n) is 8.89. The third-order valence-corrected chi connectivity index (χ3v) is 7.21. The summed E-state index contributed by atoms with van der Waals surface area (Å²) in [4.78, 5) is 25.2. The van der Waals surface area contributed by atoms with Gasteiger partial charge in [-0.15, -0.1) is 11.3 Å². The molecule has 3 aromatic rings. The van der Waals surface area contributed by atoms with Crippen molar-refractivity contribution in [2.45, 2.75) is 17.2 Å². The molecule has 1 aromatic heterocycles. The molecule has 0 saturated carbocycles. The number of ketones is 1. The fourth-order valence-electron chi connectivity index (χ4n) is 2.83. The van der Waals surface area contributed by atoms with Crippen molar-refractivity contribution in [2.75, 3.05) is 5.32 Å². The molecule has 8 heteroatoms. The molecule has 0 bridgehead atoms. The molecule has 0 unspecified atom stereocenters. The van der Waals surface area contributed by atoms with Crippen LogP contribution in [0.3, 0.4) is 0 Å². The number of carbonyl (C=O) groups excluding carboxylic acids is 2. The highest BCUT2D eigenvalue weighted by Gasteiger charge is 2.33. The third kappa shape index (κ3) is 5.17. The van der Waals surface area contributed by atoms with Crippen LogP contribution < -0.4 is 10.0 Å². The Morgan fingerprint density at radius 2 is 1.52 bits per heavy atom. The van der Waals surface area contributed by atoms with Crippen LogP contribution in [0, 0.1) is 5.92 Å². The summed E-state index contributed by atoms with van der Waals surface area (Å²) in [5.74, 6) is -2.42. The summed E-state index contributed by atoms with van der Waals surface area (Å²) in [6.45, 7) is 1.54. The molecule has 0 aliphatic heterocycles. The number of carbonyl (C=O) groups is 2. The van der Waals surface area contributed by atoms with Gasteiger partial charge in [0.1, 0.15) is 4.21 Å². The fourth-order valence-corrected chi connectivity index (χ4v) is 5.15. The van der Waals surface area contributed by atoms with E-state index in [1.165, 1.54) is 6.07 Å². The number of Topliss-reactive ketones (excluding diaryl/α,β-unsaturated/α-hetero) is 1. The van der Waals surface area contributed by atoms with Crippen LogP contribution >= 0.6 is 11.3 Å². The van der Waals surface area contributed by atoms with Crippen LogP contribution in [-0.2, 0) is 19.6 Å². The monoisotopic (exact) mass is 428 g/mol. The lowest BCUT2D eigenvalue weighted by atomic mass is 9.91. The van der Waals surface area contributed by atoms with Gasteiger partial charge in [-0.3, -0.25) is 9.59 Å². The summed E-state index contributed by atoms with van der Waals surface area (Å²) < 4.78 is 28.2. The number of rotatable bonds is 8. The second kappa shape index (κ2) is 9.13. The zero-order valence-corrected chi connectivity index (χ0v) is 17.2. The van der Waals surface area contributed by atoms with Gasteiger partial charge in [0.15, 0.2) is 0 Å². The standard InChI is InChI=1S/C21H20N2O4S2/c1-15(20(24)21(25)22-17-11-6-3-7-12-17)19(16-9-4-2-5-10-16)23-29(26,27)18-13-8-14-28-18/h2-15,19,23H,1H3,(H,22,25)/t15-,19-/m1/s1. The van der Waals surface area contributed by atoms with Gasteiger partial charge in [0.25, 0.3) is 15.9 Å². The predicted octanol–water partition coefficient (Wildman–Crippen LogP) is 3.61. The number of anilines is 1. The van der Waals surface area contributed by atoms with Crippen molar-refractivity contribution in [3.05, 3.63) is 83.7 Å². The SMILES string of the molecule is C[C@@H](C(=O)C(=O)Nc1ccccc1)[C@@H](NS(=O)(=O)c1cccs1)c1ccccc1. The summed E-state index contributed by atoms with van der Waals surface area (Å²) in [6, 6.07) is 19.6. The van der Waals surface area contributed by atoms with Crippen LogP contribution in [-0.4, -0.2) is 20.1 Å². The minimum atomic E-state index is -3.84. The minimum absolute atomic E-state index is 0.145. The fraction of sp³-hybridized carbons (Fsp3) is 0.143. The predicted molar refractivity (Wildman–Crippen MR) is 113 cm³/mol. The highest BCUT2D eigenvalue weighted by atomic mass is 32.2. The molecule has 2 aromatic carbocycles. The second-order valence-corrected chi connectivity index (χ2v) is 9.30. The summed E-state index contributed by atoms with van der Waals surface area (Å²) >= 11 is 1.08. The topological polar surface area (TPSA) is 92.3 Å². The molecular weight excluding hydrogens is 408 g/mol. The molecule has 2 N–H and O–H groups in total. The molecule has 0 saturated heterocycles. The highest BCUT2D eigenvalue weighted by Crippen LogP contribution is 2.27. The number of thiophene rings is 1. The Morgan fingerprint density at radius 3 is 2.10 bits per heavy atom. The van der Waals surface area contributed by atoms with E-state index in [-0.39, 0.29) is 4.21 Å². The molecule has 3 rings (SSSR count). The molecule has 1 amide bonds. The summed E-state index contributed by atoms with van der Waals surface area (Å²) in [6.07, 6.45) is 0. The average molecular weight is 429 g/mol. The maximum Gasteiger partial charge on any atom is 0.292 e. The van der Waals surface area contributed by atoms with E-state index in [1.807, 2.05) is 0 Å². The average Bonchev–Trinajstić information content (AvgIpc) is 3.28. The van der Waals surface area contributed by atoms with Crippen molar-refractivity contribution in [3.8, 4) is 0 Å². The highest BCUT2D eigenvalue weighted by molar-refractivity contribution is 7.91. The van der Waals surface area contributed by atoms with E-state index >= 15 is 0 Å². The van der Waals surface area contributed by atoms with Gasteiger partial charge >= 0.3 is 0 Å². The Hall–Kier alpha value is -2.81. The summed E-state index contributed by atoms with van der Waals surface area (Å²) in [5.41, 5.74) is 1.09. The van der Waals surface area contributed by atoms with Gasteiger partial charge in [0.2, 0.25) is 5.78 Å². The van der Waals surface area contributed by atoms with Crippen molar-refractivity contribution in [2.24, 2.45) is 5.92 Å². The van der Waals surface area contributed by atoms with Crippen LogP contribution in [0.5, 0.6) is 0 Å². The Bertz CT molecular complexity index is 1070. The van der Waals surface area contributed by atoms with Crippen molar-refractivity contribution in [1.29, 1.82) is 0 Å². The molecule has 150 valence electrons. The van der Waals surface area contributed by atoms with E-state index in [0.717, 1.165) is 11.3 Å². The molecule has 0 spiro atoms. The first kappa shape index (κ1) is 20.9. The molecule has 0 aliphatic rings.